The Bertz CT molecular complexity index is 288. The van der Waals surface area contributed by atoms with Gasteiger partial charge in [-0.3, -0.25) is 0 Å². The first-order valence-corrected chi connectivity index (χ1v) is 5.56. The number of anilines is 1. The average molecular weight is 228 g/mol. The van der Waals surface area contributed by atoms with Crippen LogP contribution in [0.15, 0.2) is 4.42 Å². The predicted octanol–water partition coefficient (Wildman–Crippen LogP) is 1.32. The summed E-state index contributed by atoms with van der Waals surface area (Å²) in [5, 5.41) is 10.7. The van der Waals surface area contributed by atoms with Crippen molar-refractivity contribution in [2.75, 3.05) is 25.6 Å². The molecule has 6 nitrogen and oxygen atoms in total. The zero-order valence-corrected chi connectivity index (χ0v) is 9.90. The average Bonchev–Trinajstić information content (AvgIpc) is 2.72. The second-order valence-corrected chi connectivity index (χ2v) is 3.71. The van der Waals surface area contributed by atoms with Crippen molar-refractivity contribution < 1.29 is 9.15 Å². The predicted molar refractivity (Wildman–Crippen MR) is 61.1 cm³/mol. The molecule has 0 amide bonds. The molecular formula is C10H20N4O2. The van der Waals surface area contributed by atoms with E-state index in [0.717, 1.165) is 32.4 Å². The van der Waals surface area contributed by atoms with Crippen LogP contribution in [-0.2, 0) is 4.74 Å². The maximum atomic E-state index is 5.60. The number of methoxy groups -OCH3 is 1. The fraction of sp³-hybridized carbons (Fsp3) is 0.800. The summed E-state index contributed by atoms with van der Waals surface area (Å²) < 4.78 is 10.3. The highest BCUT2D eigenvalue weighted by Gasteiger charge is 2.08. The van der Waals surface area contributed by atoms with Crippen molar-refractivity contribution in [3.05, 3.63) is 5.89 Å². The topological polar surface area (TPSA) is 86.2 Å². The Morgan fingerprint density at radius 3 is 2.81 bits per heavy atom. The maximum Gasteiger partial charge on any atom is 0.315 e. The third kappa shape index (κ3) is 4.59. The van der Waals surface area contributed by atoms with Gasteiger partial charge < -0.3 is 20.2 Å². The third-order valence-corrected chi connectivity index (χ3v) is 2.13. The summed E-state index contributed by atoms with van der Waals surface area (Å²) >= 11 is 0. The van der Waals surface area contributed by atoms with Crippen molar-refractivity contribution in [2.45, 2.75) is 32.2 Å². The van der Waals surface area contributed by atoms with Crippen molar-refractivity contribution in [3.8, 4) is 0 Å². The number of hydrogen-bond acceptors (Lipinski definition) is 6. The van der Waals surface area contributed by atoms with E-state index in [9.17, 15) is 0 Å². The molecule has 0 aliphatic heterocycles. The quantitative estimate of drug-likeness (QED) is 0.652. The molecule has 1 unspecified atom stereocenters. The Balaban J connectivity index is 2.12. The summed E-state index contributed by atoms with van der Waals surface area (Å²) in [6.45, 7) is 3.45. The van der Waals surface area contributed by atoms with Gasteiger partial charge in [-0.2, -0.15) is 0 Å². The van der Waals surface area contributed by atoms with Gasteiger partial charge >= 0.3 is 6.01 Å². The normalized spacial score (nSPS) is 12.7. The molecule has 3 N–H and O–H groups in total. The Kier molecular flexibility index (Phi) is 5.81. The van der Waals surface area contributed by atoms with Gasteiger partial charge in [-0.15, -0.1) is 5.10 Å². The van der Waals surface area contributed by atoms with Crippen molar-refractivity contribution in [3.63, 3.8) is 0 Å². The summed E-state index contributed by atoms with van der Waals surface area (Å²) in [6.07, 6.45) is 3.25. The molecule has 0 spiro atoms. The molecular weight excluding hydrogens is 208 g/mol. The van der Waals surface area contributed by atoms with Crippen LogP contribution in [0.1, 0.15) is 38.1 Å². The van der Waals surface area contributed by atoms with Crippen molar-refractivity contribution in [2.24, 2.45) is 5.73 Å². The van der Waals surface area contributed by atoms with Gasteiger partial charge in [-0.05, 0) is 26.2 Å². The Hall–Kier alpha value is -1.14. The first-order valence-electron chi connectivity index (χ1n) is 5.56. The van der Waals surface area contributed by atoms with Crippen LogP contribution < -0.4 is 11.1 Å². The highest BCUT2D eigenvalue weighted by molar-refractivity contribution is 5.16. The fourth-order valence-corrected chi connectivity index (χ4v) is 1.23. The van der Waals surface area contributed by atoms with Gasteiger partial charge in [-0.1, -0.05) is 5.10 Å². The summed E-state index contributed by atoms with van der Waals surface area (Å²) in [7, 11) is 1.71. The van der Waals surface area contributed by atoms with E-state index in [1.54, 1.807) is 7.11 Å². The lowest BCUT2D eigenvalue weighted by molar-refractivity contribution is 0.192. The van der Waals surface area contributed by atoms with Gasteiger partial charge in [0.05, 0.1) is 6.04 Å². The molecule has 6 heteroatoms. The molecule has 0 saturated heterocycles. The van der Waals surface area contributed by atoms with Crippen molar-refractivity contribution >= 4 is 6.01 Å². The molecule has 0 bridgehead atoms. The van der Waals surface area contributed by atoms with Crippen molar-refractivity contribution in [1.82, 2.24) is 10.2 Å². The first kappa shape index (κ1) is 12.9. The molecule has 1 aromatic rings. The van der Waals surface area contributed by atoms with E-state index in [0.29, 0.717) is 11.9 Å². The van der Waals surface area contributed by atoms with Gasteiger partial charge in [0.25, 0.3) is 0 Å². The van der Waals surface area contributed by atoms with Crippen LogP contribution in [0, 0.1) is 0 Å². The Morgan fingerprint density at radius 2 is 2.19 bits per heavy atom. The number of unbranched alkanes of at least 4 members (excludes halogenated alkanes) is 2. The zero-order chi connectivity index (χ0) is 11.8. The Morgan fingerprint density at radius 1 is 1.38 bits per heavy atom. The van der Waals surface area contributed by atoms with Crippen LogP contribution in [0.5, 0.6) is 0 Å². The zero-order valence-electron chi connectivity index (χ0n) is 9.90. The molecule has 1 heterocycles. The van der Waals surface area contributed by atoms with Crippen molar-refractivity contribution in [1.29, 1.82) is 0 Å². The van der Waals surface area contributed by atoms with Crippen LogP contribution in [0.4, 0.5) is 6.01 Å². The van der Waals surface area contributed by atoms with Crippen LogP contribution >= 0.6 is 0 Å². The lowest BCUT2D eigenvalue weighted by Crippen LogP contribution is -2.05. The second-order valence-electron chi connectivity index (χ2n) is 3.71. The van der Waals surface area contributed by atoms with E-state index in [2.05, 4.69) is 15.5 Å². The minimum absolute atomic E-state index is 0.218. The van der Waals surface area contributed by atoms with E-state index in [1.807, 2.05) is 6.92 Å². The number of rotatable bonds is 8. The summed E-state index contributed by atoms with van der Waals surface area (Å²) in [4.78, 5) is 0. The number of hydrogen-bond donors (Lipinski definition) is 2. The smallest absolute Gasteiger partial charge is 0.315 e. The summed E-state index contributed by atoms with van der Waals surface area (Å²) in [6, 6.07) is 0.226. The molecule has 0 aliphatic rings. The van der Waals surface area contributed by atoms with Gasteiger partial charge in [0.2, 0.25) is 5.89 Å². The fourth-order valence-electron chi connectivity index (χ4n) is 1.23. The highest BCUT2D eigenvalue weighted by Crippen LogP contribution is 2.11. The van der Waals surface area contributed by atoms with Gasteiger partial charge in [0, 0.05) is 20.3 Å². The lowest BCUT2D eigenvalue weighted by atomic mass is 10.2. The van der Waals surface area contributed by atoms with Crippen LogP contribution in [0.25, 0.3) is 0 Å². The number of ether oxygens (including phenoxy) is 1. The standard InChI is InChI=1S/C10H20N4O2/c1-8(11)9-13-14-10(16-9)12-6-4-3-5-7-15-2/h8H,3-7,11H2,1-2H3,(H,12,14). The largest absolute Gasteiger partial charge is 0.406 e. The molecule has 92 valence electrons. The third-order valence-electron chi connectivity index (χ3n) is 2.13. The molecule has 0 aromatic carbocycles. The SMILES string of the molecule is COCCCCCNc1nnc(C(C)N)o1. The van der Waals surface area contributed by atoms with E-state index in [-0.39, 0.29) is 6.04 Å². The van der Waals surface area contributed by atoms with E-state index < -0.39 is 0 Å². The van der Waals surface area contributed by atoms with Gasteiger partial charge in [0.1, 0.15) is 0 Å². The van der Waals surface area contributed by atoms with Crippen LogP contribution in [-0.4, -0.2) is 30.5 Å². The van der Waals surface area contributed by atoms with Gasteiger partial charge in [-0.25, -0.2) is 0 Å². The molecule has 1 rings (SSSR count). The summed E-state index contributed by atoms with van der Waals surface area (Å²) in [5.41, 5.74) is 5.60. The molecule has 0 aliphatic carbocycles. The molecule has 1 aromatic heterocycles. The minimum atomic E-state index is -0.218. The minimum Gasteiger partial charge on any atom is -0.406 e. The summed E-state index contributed by atoms with van der Waals surface area (Å²) in [5.74, 6) is 0.460. The highest BCUT2D eigenvalue weighted by atomic mass is 16.5. The molecule has 0 fully saturated rings. The van der Waals surface area contributed by atoms with Crippen LogP contribution in [0.3, 0.4) is 0 Å². The van der Waals surface area contributed by atoms with Crippen LogP contribution in [0.2, 0.25) is 0 Å². The second kappa shape index (κ2) is 7.19. The van der Waals surface area contributed by atoms with Gasteiger partial charge in [0.15, 0.2) is 0 Å². The molecule has 0 saturated carbocycles. The number of aromatic nitrogens is 2. The molecule has 0 radical (unpaired) electrons. The number of nitrogens with zero attached hydrogens (tertiary/aromatic N) is 2. The number of nitrogens with two attached hydrogens (primary N) is 1. The first-order chi connectivity index (χ1) is 7.74. The van der Waals surface area contributed by atoms with E-state index in [4.69, 9.17) is 14.9 Å². The van der Waals surface area contributed by atoms with E-state index >= 15 is 0 Å². The lowest BCUT2D eigenvalue weighted by Gasteiger charge is -2.01. The number of nitrogens with one attached hydrogen (secondary N) is 1. The Labute approximate surface area is 95.6 Å². The van der Waals surface area contributed by atoms with E-state index in [1.165, 1.54) is 0 Å². The molecule has 1 atom stereocenters. The monoisotopic (exact) mass is 228 g/mol. The maximum absolute atomic E-state index is 5.60. The molecule has 16 heavy (non-hydrogen) atoms.